The van der Waals surface area contributed by atoms with Crippen LogP contribution in [0, 0.1) is 0 Å². The van der Waals surface area contributed by atoms with Crippen LogP contribution in [-0.4, -0.2) is 39.8 Å². The zero-order valence-corrected chi connectivity index (χ0v) is 16.4. The van der Waals surface area contributed by atoms with E-state index in [0.717, 1.165) is 0 Å². The van der Waals surface area contributed by atoms with Crippen LogP contribution in [0.15, 0.2) is 53.7 Å². The van der Waals surface area contributed by atoms with E-state index in [1.54, 1.807) is 17.0 Å². The van der Waals surface area contributed by atoms with Crippen LogP contribution < -0.4 is 19.1 Å². The summed E-state index contributed by atoms with van der Waals surface area (Å²) in [6.45, 7) is 0.0565. The minimum atomic E-state index is -0.498. The van der Waals surface area contributed by atoms with Crippen LogP contribution in [0.1, 0.15) is 17.9 Å². The van der Waals surface area contributed by atoms with Crippen molar-refractivity contribution in [1.29, 1.82) is 0 Å². The van der Waals surface area contributed by atoms with Gasteiger partial charge in [0.25, 0.3) is 0 Å². The maximum absolute atomic E-state index is 13.1. The van der Waals surface area contributed by atoms with Crippen molar-refractivity contribution in [3.05, 3.63) is 59.3 Å². The Morgan fingerprint density at radius 2 is 1.59 bits per heavy atom. The summed E-state index contributed by atoms with van der Waals surface area (Å²) in [5.41, 5.74) is 2.43. The lowest BCUT2D eigenvalue weighted by molar-refractivity contribution is -0.136. The Morgan fingerprint density at radius 1 is 0.931 bits per heavy atom. The average Bonchev–Trinajstić information content (AvgIpc) is 3.14. The van der Waals surface area contributed by atoms with Gasteiger partial charge in [-0.15, -0.1) is 0 Å². The monoisotopic (exact) mass is 395 g/mol. The van der Waals surface area contributed by atoms with Gasteiger partial charge in [-0.2, -0.15) is 0 Å². The third kappa shape index (κ3) is 3.08. The van der Waals surface area contributed by atoms with Gasteiger partial charge in [0, 0.05) is 29.7 Å². The Kier molecular flexibility index (Phi) is 4.88. The number of anilines is 1. The van der Waals surface area contributed by atoms with Crippen molar-refractivity contribution >= 4 is 17.6 Å². The van der Waals surface area contributed by atoms with Gasteiger partial charge >= 0.3 is 5.97 Å². The smallest absolute Gasteiger partial charge is 0.336 e. The molecule has 2 aliphatic heterocycles. The zero-order chi connectivity index (χ0) is 20.5. The van der Waals surface area contributed by atoms with Gasteiger partial charge in [0.2, 0.25) is 5.91 Å². The molecule has 0 bridgehead atoms. The van der Waals surface area contributed by atoms with Crippen molar-refractivity contribution in [3.8, 4) is 17.2 Å². The molecule has 7 heteroatoms. The number of benzene rings is 2. The first-order chi connectivity index (χ1) is 14.1. The van der Waals surface area contributed by atoms with Gasteiger partial charge in [-0.3, -0.25) is 9.69 Å². The van der Waals surface area contributed by atoms with Crippen molar-refractivity contribution in [3.63, 3.8) is 0 Å². The minimum absolute atomic E-state index is 0.0565. The highest BCUT2D eigenvalue weighted by Crippen LogP contribution is 2.47. The molecule has 2 aromatic carbocycles. The normalized spacial score (nSPS) is 18.4. The Morgan fingerprint density at radius 3 is 2.24 bits per heavy atom. The average molecular weight is 395 g/mol. The predicted molar refractivity (Wildman–Crippen MR) is 105 cm³/mol. The third-order valence-corrected chi connectivity index (χ3v) is 5.24. The Balaban J connectivity index is 1.87. The van der Waals surface area contributed by atoms with Crippen LogP contribution in [0.25, 0.3) is 0 Å². The number of esters is 1. The van der Waals surface area contributed by atoms with E-state index in [4.69, 9.17) is 18.9 Å². The van der Waals surface area contributed by atoms with Crippen molar-refractivity contribution in [1.82, 2.24) is 0 Å². The molecule has 2 aliphatic rings. The van der Waals surface area contributed by atoms with Crippen LogP contribution in [0.5, 0.6) is 17.2 Å². The van der Waals surface area contributed by atoms with Gasteiger partial charge in [0.1, 0.15) is 12.4 Å². The van der Waals surface area contributed by atoms with Gasteiger partial charge in [-0.05, 0) is 18.2 Å². The van der Waals surface area contributed by atoms with Crippen LogP contribution >= 0.6 is 0 Å². The van der Waals surface area contributed by atoms with E-state index in [0.29, 0.717) is 39.8 Å². The number of carbonyl (C=O) groups excluding carboxylic acids is 2. The van der Waals surface area contributed by atoms with E-state index < -0.39 is 11.9 Å². The summed E-state index contributed by atoms with van der Waals surface area (Å²) in [4.78, 5) is 27.3. The van der Waals surface area contributed by atoms with Crippen molar-refractivity contribution < 1.29 is 28.5 Å². The molecule has 2 heterocycles. The predicted octanol–water partition coefficient (Wildman–Crippen LogP) is 3.04. The second-order valence-electron chi connectivity index (χ2n) is 6.71. The summed E-state index contributed by atoms with van der Waals surface area (Å²) in [6.07, 6.45) is 0.106. The molecule has 4 rings (SSSR count). The first-order valence-electron chi connectivity index (χ1n) is 9.17. The second kappa shape index (κ2) is 7.50. The van der Waals surface area contributed by atoms with E-state index >= 15 is 0 Å². The van der Waals surface area contributed by atoms with Crippen LogP contribution in [0.2, 0.25) is 0 Å². The van der Waals surface area contributed by atoms with Crippen LogP contribution in [0.4, 0.5) is 5.69 Å². The summed E-state index contributed by atoms with van der Waals surface area (Å²) in [5.74, 6) is 0.479. The second-order valence-corrected chi connectivity index (χ2v) is 6.71. The molecule has 0 unspecified atom stereocenters. The van der Waals surface area contributed by atoms with E-state index in [1.165, 1.54) is 21.3 Å². The Labute approximate surface area is 168 Å². The van der Waals surface area contributed by atoms with Gasteiger partial charge in [-0.25, -0.2) is 4.79 Å². The lowest BCUT2D eigenvalue weighted by Gasteiger charge is -2.32. The lowest BCUT2D eigenvalue weighted by Crippen LogP contribution is -2.37. The summed E-state index contributed by atoms with van der Waals surface area (Å²) >= 11 is 0. The summed E-state index contributed by atoms with van der Waals surface area (Å²) in [7, 11) is 4.60. The third-order valence-electron chi connectivity index (χ3n) is 5.24. The first-order valence-corrected chi connectivity index (χ1v) is 9.17. The molecule has 0 fully saturated rings. The quantitative estimate of drug-likeness (QED) is 0.725. The number of amides is 1. The topological polar surface area (TPSA) is 74.3 Å². The molecular weight excluding hydrogens is 374 g/mol. The molecule has 2 aromatic rings. The molecule has 0 aromatic heterocycles. The number of nitrogens with zero attached hydrogens (tertiary/aromatic N) is 1. The molecule has 7 nitrogen and oxygen atoms in total. The van der Waals surface area contributed by atoms with Gasteiger partial charge in [-0.1, -0.05) is 18.2 Å². The van der Waals surface area contributed by atoms with Crippen molar-refractivity contribution in [2.45, 2.75) is 12.3 Å². The molecule has 150 valence electrons. The Bertz CT molecular complexity index is 998. The van der Waals surface area contributed by atoms with Gasteiger partial charge < -0.3 is 18.9 Å². The molecular formula is C22H21NO6. The number of carbonyl (C=O) groups is 2. The number of hydrogen-bond donors (Lipinski definition) is 0. The maximum atomic E-state index is 13.1. The number of methoxy groups -OCH3 is 3. The standard InChI is InChI=1S/C22H21NO6/c1-26-17-11-19(28-3)18(27-2)9-14(17)15-10-20(24)23(13-7-5-4-6-8-13)16-12-29-22(25)21(15)16/h4-9,11,15H,10,12H2,1-3H3/t15-/m1/s1. The van der Waals surface area contributed by atoms with Gasteiger partial charge in [0.05, 0.1) is 32.6 Å². The van der Waals surface area contributed by atoms with E-state index in [2.05, 4.69) is 0 Å². The zero-order valence-electron chi connectivity index (χ0n) is 16.4. The number of hydrogen-bond acceptors (Lipinski definition) is 6. The molecule has 0 aliphatic carbocycles. The summed E-state index contributed by atoms with van der Waals surface area (Å²) in [6, 6.07) is 12.7. The number of para-hydroxylation sites is 1. The molecule has 1 atom stereocenters. The number of cyclic esters (lactones) is 1. The van der Waals surface area contributed by atoms with Crippen molar-refractivity contribution in [2.75, 3.05) is 32.8 Å². The summed E-state index contributed by atoms with van der Waals surface area (Å²) < 4.78 is 21.6. The van der Waals surface area contributed by atoms with Crippen LogP contribution in [-0.2, 0) is 14.3 Å². The van der Waals surface area contributed by atoms with E-state index in [-0.39, 0.29) is 18.9 Å². The molecule has 0 N–H and O–H groups in total. The summed E-state index contributed by atoms with van der Waals surface area (Å²) in [5, 5.41) is 0. The fraction of sp³-hybridized carbons (Fsp3) is 0.273. The fourth-order valence-corrected chi connectivity index (χ4v) is 3.92. The van der Waals surface area contributed by atoms with Crippen LogP contribution in [0.3, 0.4) is 0 Å². The van der Waals surface area contributed by atoms with Crippen molar-refractivity contribution in [2.24, 2.45) is 0 Å². The molecule has 0 radical (unpaired) electrons. The molecule has 0 saturated carbocycles. The molecule has 0 spiro atoms. The van der Waals surface area contributed by atoms with E-state index in [1.807, 2.05) is 30.3 Å². The molecule has 29 heavy (non-hydrogen) atoms. The highest BCUT2D eigenvalue weighted by atomic mass is 16.5. The largest absolute Gasteiger partial charge is 0.496 e. The maximum Gasteiger partial charge on any atom is 0.336 e. The SMILES string of the molecule is COc1cc(OC)c([C@H]2CC(=O)N(c3ccccc3)C3=C2C(=O)OC3)cc1OC. The first kappa shape index (κ1) is 18.9. The molecule has 0 saturated heterocycles. The molecule has 1 amide bonds. The minimum Gasteiger partial charge on any atom is -0.496 e. The highest BCUT2D eigenvalue weighted by molar-refractivity contribution is 6.06. The fourth-order valence-electron chi connectivity index (χ4n) is 3.92. The number of ether oxygens (including phenoxy) is 4. The van der Waals surface area contributed by atoms with Gasteiger partial charge in [0.15, 0.2) is 11.5 Å². The van der Waals surface area contributed by atoms with E-state index in [9.17, 15) is 9.59 Å². The lowest BCUT2D eigenvalue weighted by atomic mass is 9.83. The number of rotatable bonds is 5. The Hall–Kier alpha value is -3.48. The highest BCUT2D eigenvalue weighted by Gasteiger charge is 2.44.